The normalized spacial score (nSPS) is 14.1. The molecule has 116 valence electrons. The molecule has 23 heavy (non-hydrogen) atoms. The number of pyridine rings is 2. The molecule has 0 N–H and O–H groups in total. The fourth-order valence-corrected chi connectivity index (χ4v) is 3.24. The zero-order valence-corrected chi connectivity index (χ0v) is 14.1. The van der Waals surface area contributed by atoms with E-state index in [1.165, 1.54) is 0 Å². The summed E-state index contributed by atoms with van der Waals surface area (Å²) in [5.74, 6) is 0.00288. The molecule has 0 saturated carbocycles. The van der Waals surface area contributed by atoms with Gasteiger partial charge in [-0.2, -0.15) is 0 Å². The van der Waals surface area contributed by atoms with Crippen LogP contribution in [0, 0.1) is 0 Å². The average Bonchev–Trinajstić information content (AvgIpc) is 2.97. The summed E-state index contributed by atoms with van der Waals surface area (Å²) in [4.78, 5) is 27.5. The zero-order valence-electron chi connectivity index (χ0n) is 12.5. The standard InChI is InChI=1S/C16H14BrN5O/c1-21-9-18-7-14(21)16(23)22-3-2-13-11(8-22)4-10-5-12(17)6-19-15(10)20-13/h4-7,9H,2-3,8H2,1H3. The molecule has 1 aliphatic heterocycles. The number of rotatable bonds is 1. The largest absolute Gasteiger partial charge is 0.333 e. The summed E-state index contributed by atoms with van der Waals surface area (Å²) < 4.78 is 2.67. The molecule has 7 heteroatoms. The molecule has 0 spiro atoms. The van der Waals surface area contributed by atoms with Crippen LogP contribution in [0.3, 0.4) is 0 Å². The number of aryl methyl sites for hydroxylation is 1. The van der Waals surface area contributed by atoms with Gasteiger partial charge in [0.05, 0.1) is 12.5 Å². The Bertz CT molecular complexity index is 920. The summed E-state index contributed by atoms with van der Waals surface area (Å²) >= 11 is 3.43. The van der Waals surface area contributed by atoms with Crippen molar-refractivity contribution in [3.8, 4) is 0 Å². The molecule has 4 heterocycles. The summed E-state index contributed by atoms with van der Waals surface area (Å²) in [6.45, 7) is 1.22. The van der Waals surface area contributed by atoms with Crippen molar-refractivity contribution in [2.75, 3.05) is 6.54 Å². The first-order valence-electron chi connectivity index (χ1n) is 7.31. The van der Waals surface area contributed by atoms with E-state index >= 15 is 0 Å². The number of imidazole rings is 1. The van der Waals surface area contributed by atoms with Crippen LogP contribution in [0.15, 0.2) is 35.3 Å². The van der Waals surface area contributed by atoms with E-state index in [9.17, 15) is 4.79 Å². The van der Waals surface area contributed by atoms with Gasteiger partial charge in [0.15, 0.2) is 5.65 Å². The van der Waals surface area contributed by atoms with Crippen LogP contribution in [-0.4, -0.2) is 36.9 Å². The number of hydrogen-bond donors (Lipinski definition) is 0. The van der Waals surface area contributed by atoms with Gasteiger partial charge in [-0.15, -0.1) is 0 Å². The third-order valence-electron chi connectivity index (χ3n) is 4.11. The first kappa shape index (κ1) is 14.3. The number of carbonyl (C=O) groups is 1. The van der Waals surface area contributed by atoms with Gasteiger partial charge in [0.1, 0.15) is 5.69 Å². The van der Waals surface area contributed by atoms with Crippen molar-refractivity contribution in [3.05, 3.63) is 52.3 Å². The molecule has 3 aromatic heterocycles. The van der Waals surface area contributed by atoms with Crippen molar-refractivity contribution in [3.63, 3.8) is 0 Å². The Kier molecular flexibility index (Phi) is 3.37. The van der Waals surface area contributed by atoms with Crippen LogP contribution < -0.4 is 0 Å². The summed E-state index contributed by atoms with van der Waals surface area (Å²) in [7, 11) is 1.83. The molecule has 3 aromatic rings. The predicted octanol–water partition coefficient (Wildman–Crippen LogP) is 2.32. The van der Waals surface area contributed by atoms with Crippen molar-refractivity contribution in [2.45, 2.75) is 13.0 Å². The molecule has 0 fully saturated rings. The van der Waals surface area contributed by atoms with Gasteiger partial charge >= 0.3 is 0 Å². The van der Waals surface area contributed by atoms with Gasteiger partial charge < -0.3 is 9.47 Å². The van der Waals surface area contributed by atoms with Crippen LogP contribution in [0.25, 0.3) is 11.0 Å². The minimum Gasteiger partial charge on any atom is -0.333 e. The number of aromatic nitrogens is 4. The van der Waals surface area contributed by atoms with Crippen molar-refractivity contribution >= 4 is 32.9 Å². The SMILES string of the molecule is Cn1cncc1C(=O)N1CCc2nc3ncc(Br)cc3cc2C1. The first-order valence-corrected chi connectivity index (χ1v) is 8.11. The maximum Gasteiger partial charge on any atom is 0.272 e. The highest BCUT2D eigenvalue weighted by Gasteiger charge is 2.24. The van der Waals surface area contributed by atoms with Gasteiger partial charge in [-0.3, -0.25) is 4.79 Å². The van der Waals surface area contributed by atoms with E-state index in [1.807, 2.05) is 18.0 Å². The lowest BCUT2D eigenvalue weighted by atomic mass is 10.0. The molecule has 0 atom stereocenters. The van der Waals surface area contributed by atoms with E-state index in [0.29, 0.717) is 18.8 Å². The highest BCUT2D eigenvalue weighted by Crippen LogP contribution is 2.24. The van der Waals surface area contributed by atoms with E-state index in [2.05, 4.69) is 36.9 Å². The van der Waals surface area contributed by atoms with E-state index in [-0.39, 0.29) is 5.91 Å². The van der Waals surface area contributed by atoms with Crippen LogP contribution in [0.2, 0.25) is 0 Å². The molecule has 0 aliphatic carbocycles. The molecular formula is C16H14BrN5O. The Morgan fingerprint density at radius 1 is 1.30 bits per heavy atom. The molecule has 4 rings (SSSR count). The molecule has 0 saturated heterocycles. The third-order valence-corrected chi connectivity index (χ3v) is 4.54. The highest BCUT2D eigenvalue weighted by atomic mass is 79.9. The average molecular weight is 372 g/mol. The summed E-state index contributed by atoms with van der Waals surface area (Å²) in [5.41, 5.74) is 3.46. The number of fused-ring (bicyclic) bond motifs is 2. The van der Waals surface area contributed by atoms with Crippen LogP contribution in [0.1, 0.15) is 21.7 Å². The van der Waals surface area contributed by atoms with E-state index in [0.717, 1.165) is 33.2 Å². The third kappa shape index (κ3) is 2.50. The minimum absolute atomic E-state index is 0.00288. The lowest BCUT2D eigenvalue weighted by molar-refractivity contribution is 0.0724. The minimum atomic E-state index is 0.00288. The summed E-state index contributed by atoms with van der Waals surface area (Å²) in [6.07, 6.45) is 5.75. The second kappa shape index (κ2) is 5.42. The Hall–Kier alpha value is -2.28. The molecule has 1 amide bonds. The predicted molar refractivity (Wildman–Crippen MR) is 88.9 cm³/mol. The maximum absolute atomic E-state index is 12.6. The van der Waals surface area contributed by atoms with Crippen molar-refractivity contribution in [1.82, 2.24) is 24.4 Å². The fourth-order valence-electron chi connectivity index (χ4n) is 2.90. The van der Waals surface area contributed by atoms with E-state index in [1.54, 1.807) is 23.3 Å². The van der Waals surface area contributed by atoms with Gasteiger partial charge in [0.2, 0.25) is 0 Å². The topological polar surface area (TPSA) is 63.9 Å². The second-order valence-electron chi connectivity index (χ2n) is 5.66. The molecule has 1 aliphatic rings. The summed E-state index contributed by atoms with van der Waals surface area (Å²) in [5, 5.41) is 0.980. The van der Waals surface area contributed by atoms with Gasteiger partial charge in [0.25, 0.3) is 5.91 Å². The van der Waals surface area contributed by atoms with E-state index < -0.39 is 0 Å². The van der Waals surface area contributed by atoms with Crippen LogP contribution >= 0.6 is 15.9 Å². The van der Waals surface area contributed by atoms with Crippen molar-refractivity contribution in [1.29, 1.82) is 0 Å². The highest BCUT2D eigenvalue weighted by molar-refractivity contribution is 9.10. The van der Waals surface area contributed by atoms with Gasteiger partial charge in [-0.1, -0.05) is 0 Å². The molecule has 0 bridgehead atoms. The summed E-state index contributed by atoms with van der Waals surface area (Å²) in [6, 6.07) is 4.08. The smallest absolute Gasteiger partial charge is 0.272 e. The fraction of sp³-hybridized carbons (Fsp3) is 0.250. The molecule has 0 unspecified atom stereocenters. The monoisotopic (exact) mass is 371 g/mol. The quantitative estimate of drug-likeness (QED) is 0.658. The van der Waals surface area contributed by atoms with Gasteiger partial charge in [0, 0.05) is 48.3 Å². The maximum atomic E-state index is 12.6. The van der Waals surface area contributed by atoms with Crippen molar-refractivity contribution in [2.24, 2.45) is 7.05 Å². The lowest BCUT2D eigenvalue weighted by Crippen LogP contribution is -2.37. The van der Waals surface area contributed by atoms with E-state index in [4.69, 9.17) is 0 Å². The van der Waals surface area contributed by atoms with Crippen molar-refractivity contribution < 1.29 is 4.79 Å². The molecule has 0 radical (unpaired) electrons. The number of hydrogen-bond acceptors (Lipinski definition) is 4. The zero-order chi connectivity index (χ0) is 16.0. The van der Waals surface area contributed by atoms with Gasteiger partial charge in [-0.25, -0.2) is 15.0 Å². The number of amides is 1. The molecular weight excluding hydrogens is 358 g/mol. The van der Waals surface area contributed by atoms with Crippen LogP contribution in [-0.2, 0) is 20.0 Å². The van der Waals surface area contributed by atoms with Gasteiger partial charge in [-0.05, 0) is 33.6 Å². The molecule has 0 aromatic carbocycles. The first-order chi connectivity index (χ1) is 11.1. The molecule has 6 nitrogen and oxygen atoms in total. The lowest BCUT2D eigenvalue weighted by Gasteiger charge is -2.28. The Labute approximate surface area is 141 Å². The Morgan fingerprint density at radius 3 is 2.96 bits per heavy atom. The van der Waals surface area contributed by atoms with Crippen LogP contribution in [0.4, 0.5) is 0 Å². The number of nitrogens with zero attached hydrogens (tertiary/aromatic N) is 5. The number of carbonyl (C=O) groups excluding carboxylic acids is 1. The van der Waals surface area contributed by atoms with Crippen LogP contribution in [0.5, 0.6) is 0 Å². The second-order valence-corrected chi connectivity index (χ2v) is 6.58. The Morgan fingerprint density at radius 2 is 2.17 bits per heavy atom. The number of halogens is 1. The Balaban J connectivity index is 1.68.